The number of hydrogen-bond acceptors (Lipinski definition) is 4. The predicted octanol–water partition coefficient (Wildman–Crippen LogP) is 3.52. The molecule has 0 unspecified atom stereocenters. The Balaban J connectivity index is 1.77. The van der Waals surface area contributed by atoms with Crippen LogP contribution in [-0.4, -0.2) is 12.6 Å². The lowest BCUT2D eigenvalue weighted by Gasteiger charge is -2.08. The first-order valence-electron chi connectivity index (χ1n) is 7.12. The van der Waals surface area contributed by atoms with Gasteiger partial charge in [-0.05, 0) is 37.3 Å². The molecular formula is C18H16FNO3. The molecule has 0 radical (unpaired) electrons. The first kappa shape index (κ1) is 16.5. The van der Waals surface area contributed by atoms with E-state index in [9.17, 15) is 9.18 Å². The smallest absolute Gasteiger partial charge is 0.309 e. The van der Waals surface area contributed by atoms with Crippen molar-refractivity contribution in [1.29, 1.82) is 5.26 Å². The molecule has 118 valence electrons. The van der Waals surface area contributed by atoms with Gasteiger partial charge in [0.25, 0.3) is 0 Å². The summed E-state index contributed by atoms with van der Waals surface area (Å²) in [5, 5.41) is 8.78. The molecule has 0 atom stereocenters. The van der Waals surface area contributed by atoms with E-state index >= 15 is 0 Å². The lowest BCUT2D eigenvalue weighted by Crippen LogP contribution is -2.10. The van der Waals surface area contributed by atoms with E-state index in [2.05, 4.69) is 0 Å². The molecular weight excluding hydrogens is 297 g/mol. The molecule has 0 aliphatic rings. The number of nitriles is 1. The van der Waals surface area contributed by atoms with E-state index in [1.165, 1.54) is 18.2 Å². The van der Waals surface area contributed by atoms with E-state index < -0.39 is 11.8 Å². The van der Waals surface area contributed by atoms with Crippen molar-refractivity contribution in [1.82, 2.24) is 0 Å². The zero-order valence-electron chi connectivity index (χ0n) is 12.7. The first-order chi connectivity index (χ1) is 11.1. The van der Waals surface area contributed by atoms with Crippen LogP contribution in [-0.2, 0) is 16.1 Å². The average molecular weight is 313 g/mol. The number of benzene rings is 2. The highest BCUT2D eigenvalue weighted by atomic mass is 19.1. The van der Waals surface area contributed by atoms with Crippen molar-refractivity contribution in [2.24, 2.45) is 0 Å². The normalized spacial score (nSPS) is 9.96. The molecule has 0 spiro atoms. The maximum absolute atomic E-state index is 13.5. The van der Waals surface area contributed by atoms with E-state index in [4.69, 9.17) is 14.7 Å². The van der Waals surface area contributed by atoms with Crippen LogP contribution in [0.15, 0.2) is 42.5 Å². The molecule has 0 saturated carbocycles. The first-order valence-corrected chi connectivity index (χ1v) is 7.12. The largest absolute Gasteiger partial charge is 0.493 e. The van der Waals surface area contributed by atoms with E-state index in [0.29, 0.717) is 11.3 Å². The van der Waals surface area contributed by atoms with E-state index in [1.807, 2.05) is 37.3 Å². The molecule has 2 aromatic rings. The number of carbonyl (C=O) groups excluding carboxylic acids is 1. The number of nitrogens with zero attached hydrogens (tertiary/aromatic N) is 1. The Hall–Kier alpha value is -2.87. The van der Waals surface area contributed by atoms with Crippen molar-refractivity contribution in [2.45, 2.75) is 20.0 Å². The number of rotatable bonds is 6. The third kappa shape index (κ3) is 5.11. The molecule has 4 nitrogen and oxygen atoms in total. The summed E-state index contributed by atoms with van der Waals surface area (Å²) in [6.07, 6.45) is 0.0629. The summed E-state index contributed by atoms with van der Waals surface area (Å²) < 4.78 is 24.0. The number of esters is 1. The Morgan fingerprint density at radius 3 is 2.65 bits per heavy atom. The number of ether oxygens (including phenoxy) is 2. The third-order valence-electron chi connectivity index (χ3n) is 3.16. The molecule has 2 aromatic carbocycles. The van der Waals surface area contributed by atoms with E-state index in [1.54, 1.807) is 0 Å². The van der Waals surface area contributed by atoms with Gasteiger partial charge >= 0.3 is 5.97 Å². The van der Waals surface area contributed by atoms with Crippen LogP contribution in [0.25, 0.3) is 0 Å². The summed E-state index contributed by atoms with van der Waals surface area (Å²) in [4.78, 5) is 11.6. The molecule has 0 fully saturated rings. The molecule has 0 N–H and O–H groups in total. The second-order valence-electron chi connectivity index (χ2n) is 4.99. The minimum Gasteiger partial charge on any atom is -0.493 e. The zero-order chi connectivity index (χ0) is 16.7. The van der Waals surface area contributed by atoms with Gasteiger partial charge in [0.1, 0.15) is 18.2 Å². The zero-order valence-corrected chi connectivity index (χ0v) is 12.7. The average Bonchev–Trinajstić information content (AvgIpc) is 2.56. The summed E-state index contributed by atoms with van der Waals surface area (Å²) in [6, 6.07) is 13.3. The van der Waals surface area contributed by atoms with Gasteiger partial charge in [0.2, 0.25) is 0 Å². The maximum atomic E-state index is 13.5. The Bertz CT molecular complexity index is 720. The number of halogens is 1. The Morgan fingerprint density at radius 1 is 1.22 bits per heavy atom. The van der Waals surface area contributed by atoms with Gasteiger partial charge in [0.05, 0.1) is 24.7 Å². The molecule has 23 heavy (non-hydrogen) atoms. The van der Waals surface area contributed by atoms with Gasteiger partial charge in [-0.1, -0.05) is 17.7 Å². The summed E-state index contributed by atoms with van der Waals surface area (Å²) in [5.41, 5.74) is 1.62. The quantitative estimate of drug-likeness (QED) is 0.766. The summed E-state index contributed by atoms with van der Waals surface area (Å²) in [6.45, 7) is 1.95. The second kappa shape index (κ2) is 7.95. The standard InChI is InChI=1S/C18H16FNO3/c1-13-2-5-16(6-3-13)22-9-8-18(21)23-12-15-10-14(11-20)4-7-17(15)19/h2-7,10H,8-9,12H2,1H3. The van der Waals surface area contributed by atoms with Gasteiger partial charge in [-0.25, -0.2) is 4.39 Å². The fourth-order valence-electron chi connectivity index (χ4n) is 1.87. The molecule has 0 aliphatic heterocycles. The van der Waals surface area contributed by atoms with Crippen molar-refractivity contribution >= 4 is 5.97 Å². The van der Waals surface area contributed by atoms with Crippen molar-refractivity contribution in [2.75, 3.05) is 6.61 Å². The minimum atomic E-state index is -0.507. The third-order valence-corrected chi connectivity index (χ3v) is 3.16. The fourth-order valence-corrected chi connectivity index (χ4v) is 1.87. The van der Waals surface area contributed by atoms with Crippen LogP contribution in [0.1, 0.15) is 23.1 Å². The Morgan fingerprint density at radius 2 is 1.96 bits per heavy atom. The predicted molar refractivity (Wildman–Crippen MR) is 82.2 cm³/mol. The summed E-state index contributed by atoms with van der Waals surface area (Å²) in [7, 11) is 0. The van der Waals surface area contributed by atoms with Gasteiger partial charge < -0.3 is 9.47 Å². The Labute approximate surface area is 134 Å². The highest BCUT2D eigenvalue weighted by Gasteiger charge is 2.08. The monoisotopic (exact) mass is 313 g/mol. The van der Waals surface area contributed by atoms with Crippen molar-refractivity contribution < 1.29 is 18.7 Å². The number of aryl methyl sites for hydroxylation is 1. The fraction of sp³-hybridized carbons (Fsp3) is 0.222. The Kier molecular flexibility index (Phi) is 5.70. The molecule has 2 rings (SSSR count). The molecule has 0 amide bonds. The van der Waals surface area contributed by atoms with Gasteiger partial charge in [-0.15, -0.1) is 0 Å². The number of hydrogen-bond donors (Lipinski definition) is 0. The van der Waals surface area contributed by atoms with E-state index in [0.717, 1.165) is 5.56 Å². The van der Waals surface area contributed by atoms with Crippen LogP contribution in [0.4, 0.5) is 4.39 Å². The van der Waals surface area contributed by atoms with Crippen LogP contribution < -0.4 is 4.74 Å². The van der Waals surface area contributed by atoms with Gasteiger partial charge in [0, 0.05) is 5.56 Å². The van der Waals surface area contributed by atoms with Crippen LogP contribution in [0.2, 0.25) is 0 Å². The molecule has 0 bridgehead atoms. The van der Waals surface area contributed by atoms with Crippen LogP contribution in [0.3, 0.4) is 0 Å². The summed E-state index contributed by atoms with van der Waals surface area (Å²) >= 11 is 0. The molecule has 0 aromatic heterocycles. The topological polar surface area (TPSA) is 59.3 Å². The van der Waals surface area contributed by atoms with Crippen molar-refractivity contribution in [3.05, 3.63) is 65.0 Å². The molecule has 0 saturated heterocycles. The van der Waals surface area contributed by atoms with Crippen LogP contribution in [0.5, 0.6) is 5.75 Å². The van der Waals surface area contributed by atoms with Gasteiger partial charge in [0.15, 0.2) is 0 Å². The molecule has 0 aliphatic carbocycles. The highest BCUT2D eigenvalue weighted by molar-refractivity contribution is 5.69. The van der Waals surface area contributed by atoms with Crippen molar-refractivity contribution in [3.63, 3.8) is 0 Å². The molecule has 0 heterocycles. The minimum absolute atomic E-state index is 0.0629. The highest BCUT2D eigenvalue weighted by Crippen LogP contribution is 2.13. The van der Waals surface area contributed by atoms with Crippen LogP contribution in [0, 0.1) is 24.1 Å². The lowest BCUT2D eigenvalue weighted by atomic mass is 10.1. The van der Waals surface area contributed by atoms with Crippen LogP contribution >= 0.6 is 0 Å². The maximum Gasteiger partial charge on any atom is 0.309 e. The van der Waals surface area contributed by atoms with Crippen molar-refractivity contribution in [3.8, 4) is 11.8 Å². The van der Waals surface area contributed by atoms with Gasteiger partial charge in [-0.3, -0.25) is 4.79 Å². The summed E-state index contributed by atoms with van der Waals surface area (Å²) in [5.74, 6) is -0.317. The lowest BCUT2D eigenvalue weighted by molar-refractivity contribution is -0.145. The second-order valence-corrected chi connectivity index (χ2v) is 4.99. The number of carbonyl (C=O) groups is 1. The van der Waals surface area contributed by atoms with Gasteiger partial charge in [-0.2, -0.15) is 5.26 Å². The SMILES string of the molecule is Cc1ccc(OCCC(=O)OCc2cc(C#N)ccc2F)cc1. The molecule has 5 heteroatoms. The van der Waals surface area contributed by atoms with E-state index in [-0.39, 0.29) is 25.2 Å².